The highest BCUT2D eigenvalue weighted by Gasteiger charge is 2.38. The summed E-state index contributed by atoms with van der Waals surface area (Å²) >= 11 is 4.79. The van der Waals surface area contributed by atoms with E-state index < -0.39 is 10.0 Å². The van der Waals surface area contributed by atoms with Gasteiger partial charge in [-0.3, -0.25) is 4.79 Å². The molecule has 2 aliphatic heterocycles. The number of carbonyl (C=O) groups excluding carboxylic acids is 1. The zero-order chi connectivity index (χ0) is 15.2. The van der Waals surface area contributed by atoms with Gasteiger partial charge < -0.3 is 5.32 Å². The van der Waals surface area contributed by atoms with Gasteiger partial charge in [-0.2, -0.15) is 4.31 Å². The molecule has 1 aromatic rings. The first-order valence-corrected chi connectivity index (χ1v) is 9.98. The van der Waals surface area contributed by atoms with Gasteiger partial charge >= 0.3 is 0 Å². The second kappa shape index (κ2) is 5.64. The normalized spacial score (nSPS) is 27.2. The molecule has 116 valence electrons. The van der Waals surface area contributed by atoms with E-state index in [1.807, 2.05) is 6.92 Å². The summed E-state index contributed by atoms with van der Waals surface area (Å²) in [5.41, 5.74) is 0. The summed E-state index contributed by atoms with van der Waals surface area (Å²) in [7, 11) is -3.43. The highest BCUT2D eigenvalue weighted by Crippen LogP contribution is 2.34. The van der Waals surface area contributed by atoms with Crippen molar-refractivity contribution in [3.8, 4) is 0 Å². The van der Waals surface area contributed by atoms with Gasteiger partial charge in [-0.1, -0.05) is 0 Å². The molecule has 2 fully saturated rings. The number of hydrogen-bond acceptors (Lipinski definition) is 4. The van der Waals surface area contributed by atoms with Crippen molar-refractivity contribution < 1.29 is 13.2 Å². The zero-order valence-electron chi connectivity index (χ0n) is 11.6. The molecule has 0 bridgehead atoms. The van der Waals surface area contributed by atoms with Crippen LogP contribution < -0.4 is 5.32 Å². The van der Waals surface area contributed by atoms with Crippen LogP contribution in [-0.4, -0.2) is 37.8 Å². The molecule has 5 nitrogen and oxygen atoms in total. The number of nitrogens with one attached hydrogen (secondary N) is 1. The van der Waals surface area contributed by atoms with E-state index in [2.05, 4.69) is 21.2 Å². The van der Waals surface area contributed by atoms with Gasteiger partial charge in [0.2, 0.25) is 15.9 Å². The Bertz CT molecular complexity index is 671. The lowest BCUT2D eigenvalue weighted by Gasteiger charge is -2.40. The lowest BCUT2D eigenvalue weighted by Crippen LogP contribution is -2.55. The third kappa shape index (κ3) is 2.91. The van der Waals surface area contributed by atoms with Gasteiger partial charge in [0.15, 0.2) is 0 Å². The molecule has 1 N–H and O–H groups in total. The van der Waals surface area contributed by atoms with Gasteiger partial charge in [0, 0.05) is 30.4 Å². The number of aryl methyl sites for hydroxylation is 1. The summed E-state index contributed by atoms with van der Waals surface area (Å²) in [6, 6.07) is 1.82. The van der Waals surface area contributed by atoms with Crippen molar-refractivity contribution in [3.63, 3.8) is 0 Å². The van der Waals surface area contributed by atoms with E-state index in [-0.39, 0.29) is 17.9 Å². The van der Waals surface area contributed by atoms with Gasteiger partial charge in [-0.05, 0) is 47.7 Å². The maximum absolute atomic E-state index is 12.8. The van der Waals surface area contributed by atoms with E-state index in [0.717, 1.165) is 15.1 Å². The van der Waals surface area contributed by atoms with E-state index in [4.69, 9.17) is 0 Å². The van der Waals surface area contributed by atoms with Gasteiger partial charge in [0.25, 0.3) is 0 Å². The number of thiophene rings is 1. The van der Waals surface area contributed by atoms with Crippen molar-refractivity contribution in [1.29, 1.82) is 0 Å². The number of rotatable bonds is 2. The largest absolute Gasteiger partial charge is 0.353 e. The van der Waals surface area contributed by atoms with Crippen molar-refractivity contribution >= 4 is 43.2 Å². The molecule has 2 aliphatic rings. The summed E-state index contributed by atoms with van der Waals surface area (Å²) in [6.45, 7) is 2.80. The van der Waals surface area contributed by atoms with E-state index in [1.165, 1.54) is 11.3 Å². The van der Waals surface area contributed by atoms with Crippen molar-refractivity contribution in [3.05, 3.63) is 14.7 Å². The van der Waals surface area contributed by atoms with E-state index in [1.54, 1.807) is 10.4 Å². The molecular formula is C13H17BrN2O3S2. The van der Waals surface area contributed by atoms with Gasteiger partial charge in [-0.25, -0.2) is 8.42 Å². The zero-order valence-corrected chi connectivity index (χ0v) is 14.9. The highest BCUT2D eigenvalue weighted by molar-refractivity contribution is 9.11. The third-order valence-corrected chi connectivity index (χ3v) is 7.92. The average molecular weight is 393 g/mol. The van der Waals surface area contributed by atoms with Crippen LogP contribution in [0.2, 0.25) is 0 Å². The van der Waals surface area contributed by atoms with Crippen molar-refractivity contribution in [1.82, 2.24) is 9.62 Å². The topological polar surface area (TPSA) is 66.5 Å². The number of carbonyl (C=O) groups is 1. The monoisotopic (exact) mass is 392 g/mol. The Morgan fingerprint density at radius 1 is 1.43 bits per heavy atom. The van der Waals surface area contributed by atoms with E-state index >= 15 is 0 Å². The van der Waals surface area contributed by atoms with Crippen LogP contribution in [0.15, 0.2) is 14.7 Å². The van der Waals surface area contributed by atoms with Gasteiger partial charge in [-0.15, -0.1) is 11.3 Å². The molecule has 2 atom stereocenters. The Balaban J connectivity index is 1.82. The fourth-order valence-electron chi connectivity index (χ4n) is 3.12. The fraction of sp³-hybridized carbons (Fsp3) is 0.615. The fourth-order valence-corrected chi connectivity index (χ4v) is 7.02. The molecule has 1 aromatic heterocycles. The number of hydrogen-bond donors (Lipinski definition) is 1. The number of sulfonamides is 1. The smallest absolute Gasteiger partial charge is 0.244 e. The average Bonchev–Trinajstić information content (AvgIpc) is 2.77. The summed E-state index contributed by atoms with van der Waals surface area (Å²) in [4.78, 5) is 12.6. The quantitative estimate of drug-likeness (QED) is 0.837. The summed E-state index contributed by atoms with van der Waals surface area (Å²) in [6.07, 6.45) is 1.97. The molecule has 21 heavy (non-hydrogen) atoms. The van der Waals surface area contributed by atoms with Crippen LogP contribution in [0.4, 0.5) is 0 Å². The van der Waals surface area contributed by atoms with Crippen molar-refractivity contribution in [2.45, 2.75) is 37.1 Å². The molecule has 3 rings (SSSR count). The molecule has 0 spiro atoms. The second-order valence-corrected chi connectivity index (χ2v) is 10.1. The molecule has 3 heterocycles. The minimum absolute atomic E-state index is 0.0881. The molecule has 0 radical (unpaired) electrons. The molecule has 0 saturated carbocycles. The maximum atomic E-state index is 12.8. The summed E-state index contributed by atoms with van der Waals surface area (Å²) < 4.78 is 28.0. The Hall–Kier alpha value is -0.440. The first-order chi connectivity index (χ1) is 9.88. The number of nitrogens with zero attached hydrogens (tertiary/aromatic N) is 1. The van der Waals surface area contributed by atoms with Crippen LogP contribution in [0.25, 0.3) is 0 Å². The predicted octanol–water partition coefficient (Wildman–Crippen LogP) is 2.11. The van der Waals surface area contributed by atoms with Crippen molar-refractivity contribution in [2.75, 3.05) is 13.1 Å². The predicted molar refractivity (Wildman–Crippen MR) is 84.8 cm³/mol. The highest BCUT2D eigenvalue weighted by atomic mass is 79.9. The Morgan fingerprint density at radius 2 is 2.19 bits per heavy atom. The van der Waals surface area contributed by atoms with Crippen LogP contribution in [0, 0.1) is 12.8 Å². The number of fused-ring (bicyclic) bond motifs is 1. The Labute approximate surface area is 136 Å². The minimum Gasteiger partial charge on any atom is -0.353 e. The summed E-state index contributed by atoms with van der Waals surface area (Å²) in [5, 5.41) is 2.98. The Morgan fingerprint density at radius 3 is 2.86 bits per heavy atom. The SMILES string of the molecule is Cc1sc(Br)cc1S(=O)(=O)N1CCC2NC(=O)CCC2C1. The van der Waals surface area contributed by atoms with Crippen LogP contribution in [-0.2, 0) is 14.8 Å². The maximum Gasteiger partial charge on any atom is 0.244 e. The van der Waals surface area contributed by atoms with Crippen LogP contribution in [0.1, 0.15) is 24.1 Å². The van der Waals surface area contributed by atoms with Gasteiger partial charge in [0.1, 0.15) is 0 Å². The van der Waals surface area contributed by atoms with E-state index in [0.29, 0.717) is 30.8 Å². The molecule has 8 heteroatoms. The number of halogens is 1. The first kappa shape index (κ1) is 15.5. The third-order valence-electron chi connectivity index (χ3n) is 4.25. The van der Waals surface area contributed by atoms with Crippen LogP contribution in [0.3, 0.4) is 0 Å². The summed E-state index contributed by atoms with van der Waals surface area (Å²) in [5.74, 6) is 0.318. The number of amides is 1. The minimum atomic E-state index is -3.43. The first-order valence-electron chi connectivity index (χ1n) is 6.93. The molecule has 2 saturated heterocycles. The molecule has 2 unspecified atom stereocenters. The molecule has 0 aliphatic carbocycles. The number of piperidine rings is 2. The Kier molecular flexibility index (Phi) is 4.15. The van der Waals surface area contributed by atoms with Crippen molar-refractivity contribution in [2.24, 2.45) is 5.92 Å². The van der Waals surface area contributed by atoms with E-state index in [9.17, 15) is 13.2 Å². The lowest BCUT2D eigenvalue weighted by molar-refractivity contribution is -0.124. The lowest BCUT2D eigenvalue weighted by atomic mass is 9.86. The molecular weight excluding hydrogens is 376 g/mol. The van der Waals surface area contributed by atoms with Crippen LogP contribution >= 0.6 is 27.3 Å². The molecule has 1 amide bonds. The van der Waals surface area contributed by atoms with Crippen LogP contribution in [0.5, 0.6) is 0 Å². The molecule has 0 aromatic carbocycles. The standard InChI is InChI=1S/C13H17BrN2O3S2/c1-8-11(6-12(14)20-8)21(18,19)16-5-4-10-9(7-16)2-3-13(17)15-10/h6,9-10H,2-5,7H2,1H3,(H,15,17). The second-order valence-electron chi connectivity index (χ2n) is 5.60. The van der Waals surface area contributed by atoms with Gasteiger partial charge in [0.05, 0.1) is 8.68 Å².